The minimum atomic E-state index is -4.92. The van der Waals surface area contributed by atoms with Crippen LogP contribution in [0.2, 0.25) is 0 Å². The molecule has 29 heavy (non-hydrogen) atoms. The van der Waals surface area contributed by atoms with Crippen molar-refractivity contribution in [1.29, 1.82) is 0 Å². The number of halogens is 4. The van der Waals surface area contributed by atoms with Gasteiger partial charge in [0, 0.05) is 6.04 Å². The Balaban J connectivity index is 1.62. The number of carbonyl (C=O) groups excluding carboxylic acids is 1. The van der Waals surface area contributed by atoms with Gasteiger partial charge in [-0.15, -0.1) is 5.10 Å². The van der Waals surface area contributed by atoms with Gasteiger partial charge in [-0.05, 0) is 49.3 Å². The van der Waals surface area contributed by atoms with E-state index in [4.69, 9.17) is 12.2 Å². The molecule has 1 aliphatic rings. The molecule has 0 saturated heterocycles. The van der Waals surface area contributed by atoms with Crippen molar-refractivity contribution in [2.75, 3.05) is 0 Å². The van der Waals surface area contributed by atoms with Crippen LogP contribution in [0.1, 0.15) is 40.9 Å². The highest BCUT2D eigenvalue weighted by Gasteiger charge is 2.42. The number of alkyl halides is 3. The molecule has 3 aromatic rings. The largest absolute Gasteiger partial charge is 0.435 e. The molecular weight excluding hydrogens is 414 g/mol. The van der Waals surface area contributed by atoms with Crippen LogP contribution in [0, 0.1) is 10.6 Å². The van der Waals surface area contributed by atoms with E-state index in [0.29, 0.717) is 15.3 Å². The van der Waals surface area contributed by atoms with Gasteiger partial charge in [-0.25, -0.2) is 9.07 Å². The van der Waals surface area contributed by atoms with Gasteiger partial charge in [-0.2, -0.15) is 18.3 Å². The molecule has 1 aliphatic carbocycles. The molecule has 13 heteroatoms. The van der Waals surface area contributed by atoms with E-state index < -0.39 is 29.3 Å². The first-order chi connectivity index (χ1) is 13.8. The fourth-order valence-corrected chi connectivity index (χ4v) is 3.17. The van der Waals surface area contributed by atoms with Crippen LogP contribution in [-0.4, -0.2) is 35.7 Å². The number of hydrogen-bond donors (Lipinski definition) is 2. The SMILES string of the molecule is O=C(NCc1n[nH]c(=S)n1C1CC1)c1nnn(-c2ccc(F)cc2)c1C(F)(F)F. The number of amides is 1. The monoisotopic (exact) mass is 427 g/mol. The molecule has 1 amide bonds. The summed E-state index contributed by atoms with van der Waals surface area (Å²) in [6.45, 7) is -0.136. The molecule has 0 unspecified atom stereocenters. The first-order valence-corrected chi connectivity index (χ1v) is 8.89. The maximum atomic E-state index is 13.6. The highest BCUT2D eigenvalue weighted by Crippen LogP contribution is 2.36. The molecule has 2 heterocycles. The number of H-pyrrole nitrogens is 1. The Labute approximate surface area is 165 Å². The molecule has 4 rings (SSSR count). The number of benzene rings is 1. The quantitative estimate of drug-likeness (QED) is 0.483. The van der Waals surface area contributed by atoms with Gasteiger partial charge in [0.1, 0.15) is 5.82 Å². The third-order valence-corrected chi connectivity index (χ3v) is 4.61. The number of carbonyl (C=O) groups is 1. The minimum Gasteiger partial charge on any atom is -0.343 e. The molecule has 0 radical (unpaired) electrons. The molecule has 2 N–H and O–H groups in total. The van der Waals surface area contributed by atoms with Crippen LogP contribution in [0.4, 0.5) is 17.6 Å². The van der Waals surface area contributed by atoms with E-state index in [1.807, 2.05) is 0 Å². The molecule has 0 spiro atoms. The summed E-state index contributed by atoms with van der Waals surface area (Å²) in [5.41, 5.74) is -2.34. The second-order valence-corrected chi connectivity index (χ2v) is 6.79. The highest BCUT2D eigenvalue weighted by molar-refractivity contribution is 7.71. The number of nitrogens with one attached hydrogen (secondary N) is 2. The third kappa shape index (κ3) is 3.77. The van der Waals surface area contributed by atoms with Gasteiger partial charge in [0.05, 0.1) is 12.2 Å². The first kappa shape index (κ1) is 19.2. The van der Waals surface area contributed by atoms with Crippen molar-refractivity contribution in [2.24, 2.45) is 0 Å². The molecule has 0 bridgehead atoms. The summed E-state index contributed by atoms with van der Waals surface area (Å²) >= 11 is 5.13. The molecule has 1 saturated carbocycles. The Morgan fingerprint density at radius 1 is 1.28 bits per heavy atom. The fraction of sp³-hybridized carbons (Fsp3) is 0.312. The van der Waals surface area contributed by atoms with Crippen molar-refractivity contribution in [3.63, 3.8) is 0 Å². The van der Waals surface area contributed by atoms with Crippen molar-refractivity contribution >= 4 is 18.1 Å². The van der Waals surface area contributed by atoms with Crippen molar-refractivity contribution in [2.45, 2.75) is 31.6 Å². The van der Waals surface area contributed by atoms with Gasteiger partial charge < -0.3 is 5.32 Å². The van der Waals surface area contributed by atoms with Crippen LogP contribution in [-0.2, 0) is 12.7 Å². The smallest absolute Gasteiger partial charge is 0.343 e. The molecule has 8 nitrogen and oxygen atoms in total. The summed E-state index contributed by atoms with van der Waals surface area (Å²) in [6.07, 6.45) is -3.09. The predicted molar refractivity (Wildman–Crippen MR) is 93.2 cm³/mol. The Morgan fingerprint density at radius 3 is 2.59 bits per heavy atom. The van der Waals surface area contributed by atoms with E-state index >= 15 is 0 Å². The number of nitrogens with zero attached hydrogens (tertiary/aromatic N) is 5. The Bertz CT molecular complexity index is 1110. The summed E-state index contributed by atoms with van der Waals surface area (Å²) in [6, 6.07) is 4.36. The van der Waals surface area contributed by atoms with E-state index in [1.54, 1.807) is 4.57 Å². The highest BCUT2D eigenvalue weighted by atomic mass is 32.1. The van der Waals surface area contributed by atoms with Crippen LogP contribution in [0.5, 0.6) is 0 Å². The predicted octanol–water partition coefficient (Wildman–Crippen LogP) is 2.94. The standard InChI is InChI=1S/C16H13F4N7OS/c17-8-1-3-10(4-2-8)27-13(16(18,19)20)12(23-25-27)14(28)21-7-11-22-24-15(29)26(11)9-5-6-9/h1-4,9H,5-7H2,(H,21,28)(H,24,29). The topological polar surface area (TPSA) is 93.4 Å². The Kier molecular flexibility index (Phi) is 4.68. The fourth-order valence-electron chi connectivity index (χ4n) is 2.87. The zero-order valence-corrected chi connectivity index (χ0v) is 15.4. The average molecular weight is 427 g/mol. The van der Waals surface area contributed by atoms with Gasteiger partial charge in [0.2, 0.25) is 0 Å². The Hall–Kier alpha value is -3.09. The third-order valence-electron chi connectivity index (χ3n) is 4.32. The molecule has 152 valence electrons. The van der Waals surface area contributed by atoms with Crippen molar-refractivity contribution in [3.8, 4) is 5.69 Å². The lowest BCUT2D eigenvalue weighted by molar-refractivity contribution is -0.143. The van der Waals surface area contributed by atoms with Gasteiger partial charge in [-0.3, -0.25) is 14.5 Å². The van der Waals surface area contributed by atoms with Crippen LogP contribution in [0.3, 0.4) is 0 Å². The molecule has 1 aromatic carbocycles. The summed E-state index contributed by atoms with van der Waals surface area (Å²) in [5.74, 6) is -1.28. The lowest BCUT2D eigenvalue weighted by atomic mass is 10.2. The number of hydrogen-bond acceptors (Lipinski definition) is 5. The molecule has 1 fully saturated rings. The van der Waals surface area contributed by atoms with Crippen LogP contribution in [0.25, 0.3) is 5.69 Å². The first-order valence-electron chi connectivity index (χ1n) is 8.48. The Morgan fingerprint density at radius 2 is 1.97 bits per heavy atom. The van der Waals surface area contributed by atoms with Crippen LogP contribution in [0.15, 0.2) is 24.3 Å². The molecule has 2 aromatic heterocycles. The number of aromatic amines is 1. The molecular formula is C16H13F4N7OS. The summed E-state index contributed by atoms with van der Waals surface area (Å²) in [5, 5.41) is 15.8. The van der Waals surface area contributed by atoms with Gasteiger partial charge in [0.15, 0.2) is 22.0 Å². The second-order valence-electron chi connectivity index (χ2n) is 6.40. The number of aromatic nitrogens is 6. The number of rotatable bonds is 5. The second kappa shape index (κ2) is 7.06. The van der Waals surface area contributed by atoms with Crippen molar-refractivity contribution in [1.82, 2.24) is 35.1 Å². The van der Waals surface area contributed by atoms with E-state index in [9.17, 15) is 22.4 Å². The van der Waals surface area contributed by atoms with Gasteiger partial charge in [-0.1, -0.05) is 5.21 Å². The van der Waals surface area contributed by atoms with Crippen LogP contribution < -0.4 is 5.32 Å². The molecule has 0 atom stereocenters. The average Bonchev–Trinajstić information content (AvgIpc) is 3.27. The summed E-state index contributed by atoms with van der Waals surface area (Å²) in [7, 11) is 0. The lowest BCUT2D eigenvalue weighted by Gasteiger charge is -2.11. The van der Waals surface area contributed by atoms with E-state index in [2.05, 4.69) is 25.8 Å². The summed E-state index contributed by atoms with van der Waals surface area (Å²) in [4.78, 5) is 12.4. The van der Waals surface area contributed by atoms with Gasteiger partial charge in [0.25, 0.3) is 5.91 Å². The van der Waals surface area contributed by atoms with Gasteiger partial charge >= 0.3 is 6.18 Å². The lowest BCUT2D eigenvalue weighted by Crippen LogP contribution is -2.28. The summed E-state index contributed by atoms with van der Waals surface area (Å²) < 4.78 is 56.5. The van der Waals surface area contributed by atoms with Crippen molar-refractivity contribution in [3.05, 3.63) is 52.1 Å². The van der Waals surface area contributed by atoms with E-state index in [0.717, 1.165) is 37.1 Å². The minimum absolute atomic E-state index is 0.0834. The van der Waals surface area contributed by atoms with E-state index in [1.165, 1.54) is 0 Å². The van der Waals surface area contributed by atoms with Crippen LogP contribution >= 0.6 is 12.2 Å². The molecule has 0 aliphatic heterocycles. The van der Waals surface area contributed by atoms with Crippen molar-refractivity contribution < 1.29 is 22.4 Å². The maximum absolute atomic E-state index is 13.6. The zero-order chi connectivity index (χ0) is 20.8. The maximum Gasteiger partial charge on any atom is 0.435 e. The zero-order valence-electron chi connectivity index (χ0n) is 14.6. The van der Waals surface area contributed by atoms with E-state index in [-0.39, 0.29) is 18.3 Å². The normalized spacial score (nSPS) is 14.2.